The molecular weight excluding hydrogens is 443 g/mol. The average molecular weight is 469 g/mol. The second kappa shape index (κ2) is 7.13. The van der Waals surface area contributed by atoms with E-state index in [0.29, 0.717) is 0 Å². The van der Waals surface area contributed by atoms with E-state index in [0.717, 1.165) is 21.7 Å². The van der Waals surface area contributed by atoms with Gasteiger partial charge in [0.25, 0.3) is 5.01 Å². The summed E-state index contributed by atoms with van der Waals surface area (Å²) >= 11 is 1.71. The van der Waals surface area contributed by atoms with Gasteiger partial charge in [-0.25, -0.2) is 0 Å². The van der Waals surface area contributed by atoms with Gasteiger partial charge in [-0.15, -0.1) is 0 Å². The van der Waals surface area contributed by atoms with Crippen LogP contribution in [0, 0.1) is 0 Å². The number of aromatic nitrogens is 1. The van der Waals surface area contributed by atoms with Gasteiger partial charge in [0, 0.05) is 16.9 Å². The topological polar surface area (TPSA) is 37.2 Å². The summed E-state index contributed by atoms with van der Waals surface area (Å²) in [5.74, 6) is 0.0848. The largest absolute Gasteiger partial charge is 2.00 e. The van der Waals surface area contributed by atoms with Crippen molar-refractivity contribution in [1.82, 2.24) is 0 Å². The smallest absolute Gasteiger partial charge is 0.872 e. The molecule has 0 spiro atoms. The maximum atomic E-state index is 13.4. The van der Waals surface area contributed by atoms with Crippen LogP contribution in [-0.4, -0.2) is 10.1 Å². The molecule has 2 aliphatic rings. The third kappa shape index (κ3) is 2.77. The minimum Gasteiger partial charge on any atom is -0.872 e. The van der Waals surface area contributed by atoms with Crippen molar-refractivity contribution in [3.05, 3.63) is 95.1 Å². The van der Waals surface area contributed by atoms with E-state index in [2.05, 4.69) is 99.4 Å². The van der Waals surface area contributed by atoms with E-state index in [-0.39, 0.29) is 26.7 Å². The Labute approximate surface area is 213 Å². The summed E-state index contributed by atoms with van der Waals surface area (Å²) in [4.78, 5) is 3.60. The number of rotatable bonds is 1. The van der Waals surface area contributed by atoms with E-state index in [9.17, 15) is 5.11 Å². The van der Waals surface area contributed by atoms with Crippen LogP contribution in [0.1, 0.15) is 49.9 Å². The summed E-state index contributed by atoms with van der Waals surface area (Å²) in [6.07, 6.45) is 0. The van der Waals surface area contributed by atoms with Crippen molar-refractivity contribution in [2.75, 3.05) is 0 Å². The molecule has 4 aromatic carbocycles. The van der Waals surface area contributed by atoms with Gasteiger partial charge >= 0.3 is 10.1 Å². The third-order valence-corrected chi connectivity index (χ3v) is 9.21. The molecule has 0 amide bonds. The summed E-state index contributed by atoms with van der Waals surface area (Å²) in [7, 11) is 0. The molecule has 1 N–H and O–H groups in total. The van der Waals surface area contributed by atoms with Crippen LogP contribution in [0.25, 0.3) is 43.0 Å². The quantitative estimate of drug-likeness (QED) is 0.253. The van der Waals surface area contributed by atoms with Crippen LogP contribution in [0.2, 0.25) is 0 Å². The molecule has 166 valence electrons. The van der Waals surface area contributed by atoms with Crippen LogP contribution in [-0.2, 0) is 10.8 Å². The third-order valence-electron chi connectivity index (χ3n) is 8.05. The molecule has 0 unspecified atom stereocenters. The molecule has 1 heterocycles. The number of hydrogen-bond donors (Lipinski definition) is 0. The zero-order chi connectivity index (χ0) is 23.4. The monoisotopic (exact) mass is 468 g/mol. The van der Waals surface area contributed by atoms with Crippen molar-refractivity contribution in [3.8, 4) is 38.6 Å². The van der Waals surface area contributed by atoms with Gasteiger partial charge in [0.15, 0.2) is 0 Å². The molecule has 5 aromatic rings. The molecule has 35 heavy (non-hydrogen) atoms. The number of hydrogen-bond acceptors (Lipinski definition) is 2. The summed E-state index contributed by atoms with van der Waals surface area (Å²) in [5.41, 5.74) is 11.8. The molecule has 0 radical (unpaired) electrons. The first kappa shape index (κ1) is 22.2. The fraction of sp³-hybridized carbons (Fsp3) is 0.194. The Kier molecular flexibility index (Phi) is 4.53. The Morgan fingerprint density at radius 3 is 2.00 bits per heavy atom. The average Bonchev–Trinajstić information content (AvgIpc) is 3.42. The number of thiazole rings is 1. The van der Waals surface area contributed by atoms with Gasteiger partial charge in [0.1, 0.15) is 4.70 Å². The van der Waals surface area contributed by atoms with Gasteiger partial charge in [-0.05, 0) is 56.6 Å². The van der Waals surface area contributed by atoms with Crippen LogP contribution in [0.4, 0.5) is 0 Å². The van der Waals surface area contributed by atoms with Crippen molar-refractivity contribution in [2.24, 2.45) is 0 Å². The predicted molar refractivity (Wildman–Crippen MR) is 144 cm³/mol. The molecule has 0 bridgehead atoms. The van der Waals surface area contributed by atoms with Gasteiger partial charge in [-0.2, -0.15) is 4.98 Å². The van der Waals surface area contributed by atoms with E-state index in [1.165, 1.54) is 43.6 Å². The van der Waals surface area contributed by atoms with Crippen LogP contribution in [0.5, 0.6) is 5.75 Å². The fourth-order valence-electron chi connectivity index (χ4n) is 6.31. The minimum atomic E-state index is -0.163. The standard InChI is InChI=1S/C31H25NOS.Be/c1-30(2)22-11-7-6-10-18(22)20-15-21(26(33)16-24(20)30)29-32-25-14-13-19-17-9-5-8-12-23(17)31(3,4)27(19)28(25)34-29;/h5-16,33H,1-4H3;/q;+2. The van der Waals surface area contributed by atoms with Crippen molar-refractivity contribution in [3.63, 3.8) is 0 Å². The second-order valence-corrected chi connectivity index (χ2v) is 11.7. The molecule has 0 atom stereocenters. The first-order valence-corrected chi connectivity index (χ1v) is 12.6. The Morgan fingerprint density at radius 2 is 1.29 bits per heavy atom. The Bertz CT molecular complexity index is 1680. The fourth-order valence-corrected chi connectivity index (χ4v) is 7.64. The van der Waals surface area contributed by atoms with Crippen LogP contribution < -0.4 is 10.1 Å². The number of H-pyrrole nitrogens is 1. The van der Waals surface area contributed by atoms with Crippen LogP contribution in [0.3, 0.4) is 0 Å². The maximum Gasteiger partial charge on any atom is 2.00 e. The molecule has 0 aliphatic heterocycles. The molecule has 2 aliphatic carbocycles. The van der Waals surface area contributed by atoms with Gasteiger partial charge < -0.3 is 5.11 Å². The van der Waals surface area contributed by atoms with Gasteiger partial charge in [0.05, 0.1) is 5.56 Å². The van der Waals surface area contributed by atoms with Crippen molar-refractivity contribution in [2.45, 2.75) is 38.5 Å². The molecule has 1 aromatic heterocycles. The Hall–Kier alpha value is -3.26. The van der Waals surface area contributed by atoms with Gasteiger partial charge in [-0.3, -0.25) is 0 Å². The number of fused-ring (bicyclic) bond motifs is 8. The number of aromatic amines is 1. The van der Waals surface area contributed by atoms with E-state index in [4.69, 9.17) is 0 Å². The molecule has 7 rings (SSSR count). The minimum absolute atomic E-state index is 0. The number of nitrogens with one attached hydrogen (secondary N) is 1. The van der Waals surface area contributed by atoms with Crippen molar-refractivity contribution in [1.29, 1.82) is 0 Å². The molecular formula is C31H25BeNOS+2. The maximum absolute atomic E-state index is 13.4. The van der Waals surface area contributed by atoms with Gasteiger partial charge in [-0.1, -0.05) is 99.4 Å². The predicted octanol–water partition coefficient (Wildman–Crippen LogP) is 6.69. The van der Waals surface area contributed by atoms with Crippen LogP contribution in [0.15, 0.2) is 72.8 Å². The normalized spacial score (nSPS) is 15.8. The Balaban J connectivity index is 0.00000229. The zero-order valence-electron chi connectivity index (χ0n) is 20.5. The molecule has 0 saturated heterocycles. The second-order valence-electron chi connectivity index (χ2n) is 10.7. The van der Waals surface area contributed by atoms with Crippen LogP contribution >= 0.6 is 11.3 Å². The summed E-state index contributed by atoms with van der Waals surface area (Å²) in [6, 6.07) is 25.6. The van der Waals surface area contributed by atoms with E-state index in [1.54, 1.807) is 11.3 Å². The SMILES string of the molecule is CC1(C)c2ccccc2-c2cc(-c3[nH+]c4ccc5c(c4s3)C(C)(C)c3ccccc3-5)c([O-])cc21.[Be+2]. The first-order chi connectivity index (χ1) is 16.3. The molecule has 0 saturated carbocycles. The van der Waals surface area contributed by atoms with Crippen molar-refractivity contribution < 1.29 is 10.1 Å². The molecule has 2 nitrogen and oxygen atoms in total. The zero-order valence-corrected chi connectivity index (χ0v) is 21.3. The summed E-state index contributed by atoms with van der Waals surface area (Å²) in [6.45, 7) is 9.05. The Morgan fingerprint density at radius 1 is 0.657 bits per heavy atom. The number of benzene rings is 4. The summed E-state index contributed by atoms with van der Waals surface area (Å²) in [5, 5.41) is 14.4. The van der Waals surface area contributed by atoms with E-state index in [1.807, 2.05) is 6.07 Å². The summed E-state index contributed by atoms with van der Waals surface area (Å²) < 4.78 is 1.24. The van der Waals surface area contributed by atoms with Gasteiger partial charge in [0.2, 0.25) is 5.52 Å². The molecule has 0 fully saturated rings. The van der Waals surface area contributed by atoms with Crippen molar-refractivity contribution >= 4 is 31.7 Å². The van der Waals surface area contributed by atoms with E-state index >= 15 is 0 Å². The first-order valence-electron chi connectivity index (χ1n) is 11.8. The molecule has 4 heteroatoms. The van der Waals surface area contributed by atoms with E-state index < -0.39 is 0 Å².